The zero-order chi connectivity index (χ0) is 14.6. The van der Waals surface area contributed by atoms with Crippen molar-refractivity contribution in [2.45, 2.75) is 44.4 Å². The van der Waals surface area contributed by atoms with Crippen LogP contribution >= 0.6 is 0 Å². The predicted octanol–water partition coefficient (Wildman–Crippen LogP) is 3.31. The zero-order valence-corrected chi connectivity index (χ0v) is 11.4. The van der Waals surface area contributed by atoms with Gasteiger partial charge in [-0.2, -0.15) is 13.2 Å². The van der Waals surface area contributed by atoms with Crippen LogP contribution in [0.15, 0.2) is 24.3 Å². The lowest BCUT2D eigenvalue weighted by Crippen LogP contribution is -2.31. The summed E-state index contributed by atoms with van der Waals surface area (Å²) in [5, 5.41) is 3.32. The highest BCUT2D eigenvalue weighted by Gasteiger charge is 2.29. The van der Waals surface area contributed by atoms with Gasteiger partial charge in [-0.05, 0) is 55.8 Å². The minimum absolute atomic E-state index is 0.348. The van der Waals surface area contributed by atoms with E-state index in [0.717, 1.165) is 49.9 Å². The Bertz CT molecular complexity index is 406. The average molecular weight is 286 g/mol. The number of nitrogens with one attached hydrogen (secondary N) is 1. The van der Waals surface area contributed by atoms with E-state index in [1.165, 1.54) is 12.1 Å². The Hall–Kier alpha value is -1.07. The van der Waals surface area contributed by atoms with Crippen molar-refractivity contribution in [3.05, 3.63) is 35.4 Å². The van der Waals surface area contributed by atoms with Crippen LogP contribution in [-0.2, 0) is 12.7 Å². The molecule has 0 aromatic heterocycles. The maximum Gasteiger partial charge on any atom is 0.416 e. The van der Waals surface area contributed by atoms with Crippen molar-refractivity contribution in [3.8, 4) is 0 Å². The van der Waals surface area contributed by atoms with E-state index in [0.29, 0.717) is 18.5 Å². The Balaban J connectivity index is 1.74. The van der Waals surface area contributed by atoms with Crippen LogP contribution in [0, 0.1) is 5.92 Å². The van der Waals surface area contributed by atoms with Crippen LogP contribution < -0.4 is 11.1 Å². The predicted molar refractivity (Wildman–Crippen MR) is 73.1 cm³/mol. The van der Waals surface area contributed by atoms with E-state index in [1.54, 1.807) is 0 Å². The van der Waals surface area contributed by atoms with E-state index in [-0.39, 0.29) is 0 Å². The van der Waals surface area contributed by atoms with Gasteiger partial charge in [0, 0.05) is 12.6 Å². The zero-order valence-electron chi connectivity index (χ0n) is 11.4. The van der Waals surface area contributed by atoms with Crippen LogP contribution in [0.1, 0.15) is 36.8 Å². The van der Waals surface area contributed by atoms with Crippen molar-refractivity contribution in [1.29, 1.82) is 0 Å². The molecule has 1 saturated carbocycles. The van der Waals surface area contributed by atoms with Gasteiger partial charge < -0.3 is 11.1 Å². The molecule has 0 aliphatic heterocycles. The molecule has 0 amide bonds. The van der Waals surface area contributed by atoms with Crippen molar-refractivity contribution in [2.75, 3.05) is 6.54 Å². The third-order valence-electron chi connectivity index (χ3n) is 3.93. The van der Waals surface area contributed by atoms with Crippen molar-refractivity contribution < 1.29 is 13.2 Å². The van der Waals surface area contributed by atoms with Crippen molar-refractivity contribution in [3.63, 3.8) is 0 Å². The smallest absolute Gasteiger partial charge is 0.328 e. The highest BCUT2D eigenvalue weighted by Crippen LogP contribution is 2.29. The normalized spacial score (nSPS) is 23.8. The number of hydrogen-bond acceptors (Lipinski definition) is 2. The molecule has 0 atom stereocenters. The molecule has 3 N–H and O–H groups in total. The summed E-state index contributed by atoms with van der Waals surface area (Å²) < 4.78 is 37.3. The molecule has 1 aromatic carbocycles. The fourth-order valence-electron chi connectivity index (χ4n) is 2.62. The SMILES string of the molecule is NC1CCC(CNCc2ccc(C(F)(F)F)cc2)CC1. The van der Waals surface area contributed by atoms with E-state index in [4.69, 9.17) is 5.73 Å². The van der Waals surface area contributed by atoms with Crippen LogP contribution in [0.2, 0.25) is 0 Å². The summed E-state index contributed by atoms with van der Waals surface area (Å²) >= 11 is 0. The highest BCUT2D eigenvalue weighted by atomic mass is 19.4. The second kappa shape index (κ2) is 6.59. The monoisotopic (exact) mass is 286 g/mol. The molecule has 20 heavy (non-hydrogen) atoms. The Morgan fingerprint density at radius 2 is 1.65 bits per heavy atom. The average Bonchev–Trinajstić information content (AvgIpc) is 2.41. The summed E-state index contributed by atoms with van der Waals surface area (Å²) in [5.74, 6) is 0.643. The Kier molecular flexibility index (Phi) is 5.05. The molecule has 0 saturated heterocycles. The lowest BCUT2D eigenvalue weighted by atomic mass is 9.86. The van der Waals surface area contributed by atoms with E-state index in [1.807, 2.05) is 0 Å². The maximum atomic E-state index is 12.4. The quantitative estimate of drug-likeness (QED) is 0.891. The van der Waals surface area contributed by atoms with E-state index in [9.17, 15) is 13.2 Å². The lowest BCUT2D eigenvalue weighted by molar-refractivity contribution is -0.137. The Morgan fingerprint density at radius 3 is 2.20 bits per heavy atom. The summed E-state index contributed by atoms with van der Waals surface area (Å²) in [7, 11) is 0. The van der Waals surface area contributed by atoms with Gasteiger partial charge in [0.2, 0.25) is 0 Å². The molecule has 2 rings (SSSR count). The summed E-state index contributed by atoms with van der Waals surface area (Å²) in [4.78, 5) is 0. The molecular weight excluding hydrogens is 265 g/mol. The number of benzene rings is 1. The number of nitrogens with two attached hydrogens (primary N) is 1. The lowest BCUT2D eigenvalue weighted by Gasteiger charge is -2.26. The molecule has 0 radical (unpaired) electrons. The molecule has 2 nitrogen and oxygen atoms in total. The first kappa shape index (κ1) is 15.3. The summed E-state index contributed by atoms with van der Waals surface area (Å²) in [6, 6.07) is 5.69. The Morgan fingerprint density at radius 1 is 1.05 bits per heavy atom. The van der Waals surface area contributed by atoms with Crippen molar-refractivity contribution in [1.82, 2.24) is 5.32 Å². The number of rotatable bonds is 4. The third-order valence-corrected chi connectivity index (χ3v) is 3.93. The van der Waals surface area contributed by atoms with Gasteiger partial charge in [-0.25, -0.2) is 0 Å². The van der Waals surface area contributed by atoms with Crippen LogP contribution in [0.25, 0.3) is 0 Å². The van der Waals surface area contributed by atoms with Crippen LogP contribution in [-0.4, -0.2) is 12.6 Å². The first-order valence-electron chi connectivity index (χ1n) is 7.07. The molecule has 1 aliphatic rings. The standard InChI is InChI=1S/C15H21F3N2/c16-15(17,18)13-5-1-11(2-6-13)9-20-10-12-3-7-14(19)8-4-12/h1-2,5-6,12,14,20H,3-4,7-10,19H2. The fourth-order valence-corrected chi connectivity index (χ4v) is 2.62. The maximum absolute atomic E-state index is 12.4. The topological polar surface area (TPSA) is 38.0 Å². The second-order valence-electron chi connectivity index (χ2n) is 5.61. The second-order valence-corrected chi connectivity index (χ2v) is 5.61. The van der Waals surface area contributed by atoms with Gasteiger partial charge in [0.25, 0.3) is 0 Å². The molecule has 1 aromatic rings. The summed E-state index contributed by atoms with van der Waals surface area (Å²) in [6.07, 6.45) is 0.175. The molecule has 0 heterocycles. The number of hydrogen-bond donors (Lipinski definition) is 2. The number of halogens is 3. The van der Waals surface area contributed by atoms with Gasteiger partial charge in [0.05, 0.1) is 5.56 Å². The van der Waals surface area contributed by atoms with Crippen LogP contribution in [0.3, 0.4) is 0 Å². The molecule has 112 valence electrons. The Labute approximate surface area is 117 Å². The summed E-state index contributed by atoms with van der Waals surface area (Å²) in [5.41, 5.74) is 6.14. The molecule has 1 aliphatic carbocycles. The van der Waals surface area contributed by atoms with Gasteiger partial charge in [0.1, 0.15) is 0 Å². The molecule has 0 bridgehead atoms. The van der Waals surface area contributed by atoms with Crippen LogP contribution in [0.4, 0.5) is 13.2 Å². The molecule has 1 fully saturated rings. The van der Waals surface area contributed by atoms with Gasteiger partial charge >= 0.3 is 6.18 Å². The molecule has 0 spiro atoms. The molecule has 0 unspecified atom stereocenters. The first-order valence-corrected chi connectivity index (χ1v) is 7.07. The third kappa shape index (κ3) is 4.49. The van der Waals surface area contributed by atoms with Gasteiger partial charge in [-0.3, -0.25) is 0 Å². The summed E-state index contributed by atoms with van der Waals surface area (Å²) in [6.45, 7) is 1.52. The number of alkyl halides is 3. The highest BCUT2D eigenvalue weighted by molar-refractivity contribution is 5.24. The van der Waals surface area contributed by atoms with Gasteiger partial charge in [-0.1, -0.05) is 12.1 Å². The van der Waals surface area contributed by atoms with Crippen molar-refractivity contribution >= 4 is 0 Å². The molecule has 5 heteroatoms. The first-order chi connectivity index (χ1) is 9.45. The fraction of sp³-hybridized carbons (Fsp3) is 0.600. The van der Waals surface area contributed by atoms with E-state index < -0.39 is 11.7 Å². The molecular formula is C15H21F3N2. The van der Waals surface area contributed by atoms with Gasteiger partial charge in [-0.15, -0.1) is 0 Å². The van der Waals surface area contributed by atoms with Crippen LogP contribution in [0.5, 0.6) is 0 Å². The van der Waals surface area contributed by atoms with E-state index >= 15 is 0 Å². The van der Waals surface area contributed by atoms with Crippen molar-refractivity contribution in [2.24, 2.45) is 11.7 Å². The largest absolute Gasteiger partial charge is 0.416 e. The minimum Gasteiger partial charge on any atom is -0.328 e. The minimum atomic E-state index is -4.26. The van der Waals surface area contributed by atoms with E-state index in [2.05, 4.69) is 5.32 Å². The van der Waals surface area contributed by atoms with Gasteiger partial charge in [0.15, 0.2) is 0 Å².